The van der Waals surface area contributed by atoms with E-state index in [1.54, 1.807) is 43.6 Å². The minimum Gasteiger partial charge on any atom is -0.457 e. The molecule has 0 aliphatic carbocycles. The van der Waals surface area contributed by atoms with E-state index < -0.39 is 0 Å². The fourth-order valence-corrected chi connectivity index (χ4v) is 3.00. The maximum absolute atomic E-state index is 14.0. The van der Waals surface area contributed by atoms with E-state index in [1.165, 1.54) is 10.7 Å². The third-order valence-corrected chi connectivity index (χ3v) is 4.39. The van der Waals surface area contributed by atoms with Crippen LogP contribution in [0.25, 0.3) is 28.2 Å². The zero-order valence-corrected chi connectivity index (χ0v) is 15.1. The first-order valence-corrected chi connectivity index (χ1v) is 8.52. The Bertz CT molecular complexity index is 1240. The van der Waals surface area contributed by atoms with Gasteiger partial charge in [-0.2, -0.15) is 10.4 Å². The molecule has 0 amide bonds. The lowest BCUT2D eigenvalue weighted by Crippen LogP contribution is -1.93. The molecule has 2 heterocycles. The Labute approximate surface area is 160 Å². The van der Waals surface area contributed by atoms with Crippen LogP contribution in [-0.2, 0) is 7.05 Å². The number of rotatable bonds is 4. The number of nitriles is 1. The summed E-state index contributed by atoms with van der Waals surface area (Å²) in [6.07, 6.45) is 3.26. The second kappa shape index (κ2) is 6.97. The fraction of sp³-hybridized carbons (Fsp3) is 0.0455. The van der Waals surface area contributed by atoms with Crippen LogP contribution in [0.5, 0.6) is 11.5 Å². The van der Waals surface area contributed by atoms with Crippen molar-refractivity contribution >= 4 is 17.0 Å². The van der Waals surface area contributed by atoms with Crippen LogP contribution in [0.1, 0.15) is 11.3 Å². The molecule has 2 aromatic heterocycles. The predicted octanol–water partition coefficient (Wildman–Crippen LogP) is 5.08. The van der Waals surface area contributed by atoms with E-state index in [2.05, 4.69) is 22.7 Å². The summed E-state index contributed by atoms with van der Waals surface area (Å²) in [6.45, 7) is 3.74. The Kier molecular flexibility index (Phi) is 4.34. The van der Waals surface area contributed by atoms with Crippen molar-refractivity contribution in [1.29, 1.82) is 5.26 Å². The summed E-state index contributed by atoms with van der Waals surface area (Å²) in [4.78, 5) is 4.33. The van der Waals surface area contributed by atoms with E-state index in [4.69, 9.17) is 10.00 Å². The van der Waals surface area contributed by atoms with E-state index >= 15 is 0 Å². The van der Waals surface area contributed by atoms with Crippen LogP contribution in [0.4, 0.5) is 4.39 Å². The maximum Gasteiger partial charge on any atom is 0.149 e. The highest BCUT2D eigenvalue weighted by molar-refractivity contribution is 5.86. The quantitative estimate of drug-likeness (QED) is 0.502. The van der Waals surface area contributed by atoms with Crippen LogP contribution in [0.3, 0.4) is 0 Å². The number of halogens is 1. The molecule has 0 unspecified atom stereocenters. The number of aryl methyl sites for hydroxylation is 1. The van der Waals surface area contributed by atoms with Crippen molar-refractivity contribution < 1.29 is 9.13 Å². The predicted molar refractivity (Wildman–Crippen MR) is 105 cm³/mol. The number of aromatic nitrogens is 3. The van der Waals surface area contributed by atoms with Gasteiger partial charge in [0, 0.05) is 12.6 Å². The zero-order chi connectivity index (χ0) is 19.7. The molecule has 6 heteroatoms. The normalized spacial score (nSPS) is 10.6. The molecule has 136 valence electrons. The molecule has 28 heavy (non-hydrogen) atoms. The van der Waals surface area contributed by atoms with Crippen molar-refractivity contribution in [1.82, 2.24) is 14.8 Å². The molecule has 4 aromatic rings. The second-order valence-electron chi connectivity index (χ2n) is 6.19. The Morgan fingerprint density at radius 3 is 2.68 bits per heavy atom. The van der Waals surface area contributed by atoms with Crippen LogP contribution in [-0.4, -0.2) is 14.8 Å². The van der Waals surface area contributed by atoms with Gasteiger partial charge in [0.05, 0.1) is 17.3 Å². The van der Waals surface area contributed by atoms with Gasteiger partial charge < -0.3 is 4.74 Å². The molecule has 0 bridgehead atoms. The van der Waals surface area contributed by atoms with Crippen molar-refractivity contribution in [2.75, 3.05) is 0 Å². The molecule has 5 nitrogen and oxygen atoms in total. The SMILES string of the molecule is C=Cc1cc(C#N)nc(-c2ccc(Oc3ccc(F)c4c3cnn4C)cc2)c1. The molecule has 0 spiro atoms. The number of hydrogen-bond donors (Lipinski definition) is 0. The van der Waals surface area contributed by atoms with E-state index in [9.17, 15) is 4.39 Å². The van der Waals surface area contributed by atoms with Gasteiger partial charge in [0.1, 0.15) is 34.6 Å². The van der Waals surface area contributed by atoms with Crippen molar-refractivity contribution in [3.8, 4) is 28.8 Å². The molecular weight excluding hydrogens is 355 g/mol. The molecule has 0 saturated carbocycles. The summed E-state index contributed by atoms with van der Waals surface area (Å²) in [5.74, 6) is 0.774. The maximum atomic E-state index is 14.0. The fourth-order valence-electron chi connectivity index (χ4n) is 3.00. The van der Waals surface area contributed by atoms with Crippen molar-refractivity contribution in [3.05, 3.63) is 78.4 Å². The lowest BCUT2D eigenvalue weighted by molar-refractivity contribution is 0.487. The topological polar surface area (TPSA) is 63.7 Å². The highest BCUT2D eigenvalue weighted by atomic mass is 19.1. The average molecular weight is 370 g/mol. The number of nitrogens with zero attached hydrogens (tertiary/aromatic N) is 4. The minimum absolute atomic E-state index is 0.331. The van der Waals surface area contributed by atoms with Crippen molar-refractivity contribution in [2.24, 2.45) is 7.05 Å². The van der Waals surface area contributed by atoms with E-state index in [0.717, 1.165) is 11.1 Å². The molecule has 4 rings (SSSR count). The second-order valence-corrected chi connectivity index (χ2v) is 6.19. The third-order valence-electron chi connectivity index (χ3n) is 4.39. The first-order chi connectivity index (χ1) is 13.6. The first-order valence-electron chi connectivity index (χ1n) is 8.52. The summed E-state index contributed by atoms with van der Waals surface area (Å²) in [7, 11) is 1.68. The van der Waals surface area contributed by atoms with Gasteiger partial charge in [-0.05, 0) is 54.1 Å². The first kappa shape index (κ1) is 17.4. The van der Waals surface area contributed by atoms with Crippen LogP contribution >= 0.6 is 0 Å². The van der Waals surface area contributed by atoms with Crippen LogP contribution < -0.4 is 4.74 Å². The Balaban J connectivity index is 1.66. The number of benzene rings is 2. The molecule has 2 aromatic carbocycles. The van der Waals surface area contributed by atoms with Crippen LogP contribution in [0.15, 0.2) is 61.3 Å². The van der Waals surface area contributed by atoms with Gasteiger partial charge in [-0.1, -0.05) is 12.7 Å². The molecule has 0 N–H and O–H groups in total. The summed E-state index contributed by atoms with van der Waals surface area (Å²) in [6, 6.07) is 15.9. The van der Waals surface area contributed by atoms with Gasteiger partial charge in [-0.3, -0.25) is 4.68 Å². The molecule has 0 saturated heterocycles. The van der Waals surface area contributed by atoms with Crippen molar-refractivity contribution in [2.45, 2.75) is 0 Å². The smallest absolute Gasteiger partial charge is 0.149 e. The molecule has 0 radical (unpaired) electrons. The Morgan fingerprint density at radius 2 is 1.96 bits per heavy atom. The summed E-state index contributed by atoms with van der Waals surface area (Å²) >= 11 is 0. The standard InChI is InChI=1S/C22H15FN4O/c1-3-14-10-16(12-24)26-20(11-14)15-4-6-17(7-5-15)28-21-9-8-19(23)22-18(21)13-25-27(22)2/h3-11,13H,1H2,2H3. The van der Waals surface area contributed by atoms with Gasteiger partial charge >= 0.3 is 0 Å². The molecule has 0 fully saturated rings. The van der Waals surface area contributed by atoms with E-state index in [0.29, 0.717) is 33.8 Å². The minimum atomic E-state index is -0.348. The summed E-state index contributed by atoms with van der Waals surface area (Å²) < 4.78 is 21.4. The average Bonchev–Trinajstić information content (AvgIpc) is 3.13. The highest BCUT2D eigenvalue weighted by Gasteiger charge is 2.12. The van der Waals surface area contributed by atoms with Gasteiger partial charge in [-0.25, -0.2) is 9.37 Å². The van der Waals surface area contributed by atoms with Gasteiger partial charge in [0.2, 0.25) is 0 Å². The summed E-state index contributed by atoms with van der Waals surface area (Å²) in [5, 5.41) is 13.8. The van der Waals surface area contributed by atoms with E-state index in [1.807, 2.05) is 18.2 Å². The Morgan fingerprint density at radius 1 is 1.18 bits per heavy atom. The highest BCUT2D eigenvalue weighted by Crippen LogP contribution is 2.32. The third kappa shape index (κ3) is 3.10. The van der Waals surface area contributed by atoms with Gasteiger partial charge in [0.25, 0.3) is 0 Å². The number of ether oxygens (including phenoxy) is 1. The van der Waals surface area contributed by atoms with Crippen molar-refractivity contribution in [3.63, 3.8) is 0 Å². The molecule has 0 aliphatic rings. The molecular formula is C22H15FN4O. The van der Waals surface area contributed by atoms with Crippen LogP contribution in [0.2, 0.25) is 0 Å². The molecule has 0 atom stereocenters. The monoisotopic (exact) mass is 370 g/mol. The zero-order valence-electron chi connectivity index (χ0n) is 15.1. The van der Waals surface area contributed by atoms with Gasteiger partial charge in [0.15, 0.2) is 0 Å². The summed E-state index contributed by atoms with van der Waals surface area (Å²) in [5.41, 5.74) is 3.07. The lowest BCUT2D eigenvalue weighted by atomic mass is 10.1. The Hall–Kier alpha value is -3.98. The van der Waals surface area contributed by atoms with Gasteiger partial charge in [-0.15, -0.1) is 0 Å². The lowest BCUT2D eigenvalue weighted by Gasteiger charge is -2.09. The largest absolute Gasteiger partial charge is 0.457 e. The molecule has 0 aliphatic heterocycles. The number of hydrogen-bond acceptors (Lipinski definition) is 4. The van der Waals surface area contributed by atoms with E-state index in [-0.39, 0.29) is 5.82 Å². The van der Waals surface area contributed by atoms with Crippen LogP contribution in [0, 0.1) is 17.1 Å². The number of pyridine rings is 1. The number of fused-ring (bicyclic) bond motifs is 1.